The van der Waals surface area contributed by atoms with Crippen LogP contribution in [0.1, 0.15) is 63.5 Å². The molecule has 0 aliphatic carbocycles. The van der Waals surface area contributed by atoms with Crippen molar-refractivity contribution in [3.63, 3.8) is 0 Å². The lowest BCUT2D eigenvalue weighted by Crippen LogP contribution is -1.88. The molecule has 0 bridgehead atoms. The molecular weight excluding hydrogens is 182 g/mol. The number of aryl methyl sites for hydroxylation is 2. The minimum absolute atomic E-state index is 1.16. The van der Waals surface area contributed by atoms with E-state index in [1.165, 1.54) is 56.1 Å². The van der Waals surface area contributed by atoms with Gasteiger partial charge in [0.2, 0.25) is 0 Å². The highest BCUT2D eigenvalue weighted by Gasteiger charge is 2.00. The maximum absolute atomic E-state index is 3.21. The van der Waals surface area contributed by atoms with Gasteiger partial charge in [-0.2, -0.15) is 0 Å². The van der Waals surface area contributed by atoms with E-state index in [9.17, 15) is 0 Å². The number of hydrogen-bond donors (Lipinski definition) is 1. The number of aromatic nitrogens is 1. The molecule has 1 N–H and O–H groups in total. The highest BCUT2D eigenvalue weighted by atomic mass is 14.6. The van der Waals surface area contributed by atoms with Crippen LogP contribution in [0.4, 0.5) is 0 Å². The first kappa shape index (κ1) is 12.4. The number of unbranched alkanes of at least 4 members (excludes halogenated alkanes) is 5. The molecule has 1 aromatic rings. The van der Waals surface area contributed by atoms with Gasteiger partial charge in [0, 0.05) is 12.4 Å². The molecule has 0 aliphatic heterocycles. The predicted octanol–water partition coefficient (Wildman–Crippen LogP) is 4.48. The molecule has 1 rings (SSSR count). The summed E-state index contributed by atoms with van der Waals surface area (Å²) in [5, 5.41) is 0. The standard InChI is InChI=1S/C14H25N/c1-3-5-6-7-8-9-10-14-12-15-11-13(14)4-2/h11-12,15H,3-10H2,1-2H3. The fourth-order valence-corrected chi connectivity index (χ4v) is 2.09. The van der Waals surface area contributed by atoms with Crippen LogP contribution in [-0.2, 0) is 12.8 Å². The average Bonchev–Trinajstić information content (AvgIpc) is 2.70. The van der Waals surface area contributed by atoms with Crippen LogP contribution in [0.5, 0.6) is 0 Å². The Morgan fingerprint density at radius 2 is 1.53 bits per heavy atom. The zero-order valence-corrected chi connectivity index (χ0v) is 10.3. The van der Waals surface area contributed by atoms with Gasteiger partial charge in [-0.05, 0) is 30.4 Å². The Labute approximate surface area is 94.3 Å². The zero-order valence-electron chi connectivity index (χ0n) is 10.3. The molecule has 0 saturated heterocycles. The van der Waals surface area contributed by atoms with E-state index in [0.29, 0.717) is 0 Å². The first-order valence-electron chi connectivity index (χ1n) is 6.53. The quantitative estimate of drug-likeness (QED) is 0.605. The summed E-state index contributed by atoms with van der Waals surface area (Å²) < 4.78 is 0. The Morgan fingerprint density at radius 1 is 0.867 bits per heavy atom. The highest BCUT2D eigenvalue weighted by molar-refractivity contribution is 5.23. The molecule has 0 aromatic carbocycles. The van der Waals surface area contributed by atoms with Gasteiger partial charge < -0.3 is 4.98 Å². The molecule has 0 aliphatic rings. The lowest BCUT2D eigenvalue weighted by molar-refractivity contribution is 0.607. The van der Waals surface area contributed by atoms with Crippen molar-refractivity contribution in [3.05, 3.63) is 23.5 Å². The highest BCUT2D eigenvalue weighted by Crippen LogP contribution is 2.13. The van der Waals surface area contributed by atoms with Crippen molar-refractivity contribution >= 4 is 0 Å². The van der Waals surface area contributed by atoms with Gasteiger partial charge in [0.1, 0.15) is 0 Å². The maximum Gasteiger partial charge on any atom is 0.00401 e. The second kappa shape index (κ2) is 7.56. The summed E-state index contributed by atoms with van der Waals surface area (Å²) in [5.74, 6) is 0. The third-order valence-corrected chi connectivity index (χ3v) is 3.11. The van der Waals surface area contributed by atoms with Gasteiger partial charge in [-0.1, -0.05) is 46.0 Å². The predicted molar refractivity (Wildman–Crippen MR) is 67.3 cm³/mol. The summed E-state index contributed by atoms with van der Waals surface area (Å²) in [6.07, 6.45) is 15.1. The normalized spacial score (nSPS) is 10.8. The maximum atomic E-state index is 3.21. The van der Waals surface area contributed by atoms with Crippen LogP contribution < -0.4 is 0 Å². The topological polar surface area (TPSA) is 15.8 Å². The molecule has 1 heterocycles. The Morgan fingerprint density at radius 3 is 2.27 bits per heavy atom. The van der Waals surface area contributed by atoms with Crippen LogP contribution in [-0.4, -0.2) is 4.98 Å². The SMILES string of the molecule is CCCCCCCCc1c[nH]cc1CC. The Balaban J connectivity index is 2.09. The van der Waals surface area contributed by atoms with Crippen molar-refractivity contribution in [1.82, 2.24) is 4.98 Å². The minimum atomic E-state index is 1.16. The van der Waals surface area contributed by atoms with E-state index in [0.717, 1.165) is 6.42 Å². The lowest BCUT2D eigenvalue weighted by Gasteiger charge is -2.02. The number of hydrogen-bond acceptors (Lipinski definition) is 0. The van der Waals surface area contributed by atoms with Crippen LogP contribution in [0.3, 0.4) is 0 Å². The number of H-pyrrole nitrogens is 1. The summed E-state index contributed by atoms with van der Waals surface area (Å²) in [6, 6.07) is 0. The molecule has 1 heteroatoms. The lowest BCUT2D eigenvalue weighted by atomic mass is 10.0. The molecule has 0 atom stereocenters. The van der Waals surface area contributed by atoms with E-state index in [2.05, 4.69) is 31.2 Å². The molecule has 1 nitrogen and oxygen atoms in total. The van der Waals surface area contributed by atoms with Gasteiger partial charge in [0.25, 0.3) is 0 Å². The van der Waals surface area contributed by atoms with Gasteiger partial charge in [0.15, 0.2) is 0 Å². The van der Waals surface area contributed by atoms with E-state index < -0.39 is 0 Å². The van der Waals surface area contributed by atoms with E-state index in [1.807, 2.05) is 0 Å². The van der Waals surface area contributed by atoms with Gasteiger partial charge in [-0.25, -0.2) is 0 Å². The number of rotatable bonds is 8. The molecule has 0 radical (unpaired) electrons. The van der Waals surface area contributed by atoms with Crippen molar-refractivity contribution in [2.24, 2.45) is 0 Å². The molecule has 86 valence electrons. The first-order chi connectivity index (χ1) is 7.38. The molecule has 0 saturated carbocycles. The zero-order chi connectivity index (χ0) is 10.9. The van der Waals surface area contributed by atoms with E-state index in [1.54, 1.807) is 0 Å². The van der Waals surface area contributed by atoms with Crippen LogP contribution >= 0.6 is 0 Å². The summed E-state index contributed by atoms with van der Waals surface area (Å²) >= 11 is 0. The van der Waals surface area contributed by atoms with Crippen molar-refractivity contribution in [3.8, 4) is 0 Å². The summed E-state index contributed by atoms with van der Waals surface area (Å²) in [6.45, 7) is 4.50. The molecule has 0 spiro atoms. The van der Waals surface area contributed by atoms with Crippen molar-refractivity contribution in [2.45, 2.75) is 65.2 Å². The van der Waals surface area contributed by atoms with Gasteiger partial charge in [0.05, 0.1) is 0 Å². The van der Waals surface area contributed by atoms with Crippen LogP contribution in [0.15, 0.2) is 12.4 Å². The second-order valence-electron chi connectivity index (χ2n) is 4.38. The molecule has 0 fully saturated rings. The fourth-order valence-electron chi connectivity index (χ4n) is 2.09. The monoisotopic (exact) mass is 207 g/mol. The summed E-state index contributed by atoms with van der Waals surface area (Å²) in [7, 11) is 0. The van der Waals surface area contributed by atoms with Crippen LogP contribution in [0, 0.1) is 0 Å². The van der Waals surface area contributed by atoms with Crippen molar-refractivity contribution < 1.29 is 0 Å². The van der Waals surface area contributed by atoms with E-state index in [-0.39, 0.29) is 0 Å². The Bertz CT molecular complexity index is 250. The molecule has 1 aromatic heterocycles. The van der Waals surface area contributed by atoms with Crippen molar-refractivity contribution in [1.29, 1.82) is 0 Å². The summed E-state index contributed by atoms with van der Waals surface area (Å²) in [5.41, 5.74) is 3.04. The van der Waals surface area contributed by atoms with Crippen LogP contribution in [0.2, 0.25) is 0 Å². The third kappa shape index (κ3) is 4.55. The fraction of sp³-hybridized carbons (Fsp3) is 0.714. The summed E-state index contributed by atoms with van der Waals surface area (Å²) in [4.78, 5) is 3.21. The molecule has 0 unspecified atom stereocenters. The Kier molecular flexibility index (Phi) is 6.22. The average molecular weight is 207 g/mol. The number of nitrogens with one attached hydrogen (secondary N) is 1. The van der Waals surface area contributed by atoms with Gasteiger partial charge >= 0.3 is 0 Å². The second-order valence-corrected chi connectivity index (χ2v) is 4.38. The third-order valence-electron chi connectivity index (χ3n) is 3.11. The van der Waals surface area contributed by atoms with E-state index in [4.69, 9.17) is 0 Å². The Hall–Kier alpha value is -0.720. The van der Waals surface area contributed by atoms with Gasteiger partial charge in [-0.15, -0.1) is 0 Å². The number of aromatic amines is 1. The molecular formula is C14H25N. The van der Waals surface area contributed by atoms with Crippen LogP contribution in [0.25, 0.3) is 0 Å². The van der Waals surface area contributed by atoms with Gasteiger partial charge in [-0.3, -0.25) is 0 Å². The molecule has 15 heavy (non-hydrogen) atoms. The van der Waals surface area contributed by atoms with Crippen molar-refractivity contribution in [2.75, 3.05) is 0 Å². The largest absolute Gasteiger partial charge is 0.367 e. The smallest absolute Gasteiger partial charge is 0.00401 e. The van der Waals surface area contributed by atoms with E-state index >= 15 is 0 Å². The minimum Gasteiger partial charge on any atom is -0.367 e. The molecule has 0 amide bonds. The first-order valence-corrected chi connectivity index (χ1v) is 6.53.